The van der Waals surface area contributed by atoms with Gasteiger partial charge in [-0.2, -0.15) is 0 Å². The zero-order chi connectivity index (χ0) is 24.6. The Kier molecular flexibility index (Phi) is 6.05. The number of anilines is 1. The summed E-state index contributed by atoms with van der Waals surface area (Å²) >= 11 is 0. The van der Waals surface area contributed by atoms with Crippen LogP contribution < -0.4 is 4.31 Å². The smallest absolute Gasteiger partial charge is 0.264 e. The highest BCUT2D eigenvalue weighted by Gasteiger charge is 2.28. The van der Waals surface area contributed by atoms with Crippen LogP contribution in [0.4, 0.5) is 10.1 Å². The largest absolute Gasteiger partial charge is 0.389 e. The number of aliphatic hydroxyl groups excluding tert-OH is 1. The molecule has 4 aromatic carbocycles. The first kappa shape index (κ1) is 23.1. The number of halogens is 1. The van der Waals surface area contributed by atoms with E-state index < -0.39 is 21.9 Å². The molecular weight excluding hydrogens is 463 g/mol. The maximum Gasteiger partial charge on any atom is 0.264 e. The van der Waals surface area contributed by atoms with Gasteiger partial charge in [-0.05, 0) is 55.5 Å². The molecule has 0 amide bonds. The second-order valence-corrected chi connectivity index (χ2v) is 10.5. The van der Waals surface area contributed by atoms with Crippen LogP contribution in [0.15, 0.2) is 102 Å². The standard InChI is InChI=1S/C28H25FN2O3S/c1-20-10-16-24(17-11-20)35(33,34)31(22-14-12-21(29)13-15-22)19-23(32)18-30-27-8-4-2-6-25(27)26-7-3-5-9-28(26)30/h2-17,23,32H,18-19H2,1H3/t23-/m1/s1. The van der Waals surface area contributed by atoms with Gasteiger partial charge in [-0.15, -0.1) is 0 Å². The second-order valence-electron chi connectivity index (χ2n) is 8.62. The Morgan fingerprint density at radius 2 is 1.37 bits per heavy atom. The first-order valence-electron chi connectivity index (χ1n) is 11.3. The molecule has 0 unspecified atom stereocenters. The van der Waals surface area contributed by atoms with Gasteiger partial charge in [-0.25, -0.2) is 12.8 Å². The monoisotopic (exact) mass is 488 g/mol. The van der Waals surface area contributed by atoms with Gasteiger partial charge in [0.2, 0.25) is 0 Å². The van der Waals surface area contributed by atoms with Gasteiger partial charge in [0.05, 0.1) is 29.8 Å². The summed E-state index contributed by atoms with van der Waals surface area (Å²) in [5.74, 6) is -0.465. The number of aliphatic hydroxyl groups is 1. The summed E-state index contributed by atoms with van der Waals surface area (Å²) in [6, 6.07) is 27.7. The van der Waals surface area contributed by atoms with Gasteiger partial charge in [0.25, 0.3) is 10.0 Å². The fourth-order valence-corrected chi connectivity index (χ4v) is 5.95. The maximum atomic E-state index is 13.6. The van der Waals surface area contributed by atoms with Gasteiger partial charge < -0.3 is 9.67 Å². The molecule has 0 radical (unpaired) electrons. The van der Waals surface area contributed by atoms with Gasteiger partial charge >= 0.3 is 0 Å². The molecule has 0 bridgehead atoms. The molecule has 0 fully saturated rings. The van der Waals surface area contributed by atoms with E-state index >= 15 is 0 Å². The van der Waals surface area contributed by atoms with Crippen LogP contribution in [0.3, 0.4) is 0 Å². The van der Waals surface area contributed by atoms with Crippen LogP contribution >= 0.6 is 0 Å². The summed E-state index contributed by atoms with van der Waals surface area (Å²) in [7, 11) is -4.00. The Hall–Kier alpha value is -3.68. The van der Waals surface area contributed by atoms with E-state index in [0.29, 0.717) is 0 Å². The fraction of sp³-hybridized carbons (Fsp3) is 0.143. The van der Waals surface area contributed by atoms with Crippen molar-refractivity contribution in [3.8, 4) is 0 Å². The highest BCUT2D eigenvalue weighted by atomic mass is 32.2. The molecule has 0 spiro atoms. The zero-order valence-corrected chi connectivity index (χ0v) is 20.0. The van der Waals surface area contributed by atoms with E-state index in [0.717, 1.165) is 31.7 Å². The Morgan fingerprint density at radius 1 is 0.829 bits per heavy atom. The van der Waals surface area contributed by atoms with Crippen molar-refractivity contribution in [2.45, 2.75) is 24.5 Å². The van der Waals surface area contributed by atoms with E-state index in [-0.39, 0.29) is 23.7 Å². The summed E-state index contributed by atoms with van der Waals surface area (Å²) in [6.45, 7) is 1.88. The van der Waals surface area contributed by atoms with Crippen LogP contribution in [0.25, 0.3) is 21.8 Å². The van der Waals surface area contributed by atoms with Crippen molar-refractivity contribution in [2.75, 3.05) is 10.8 Å². The predicted molar refractivity (Wildman–Crippen MR) is 138 cm³/mol. The minimum Gasteiger partial charge on any atom is -0.389 e. The van der Waals surface area contributed by atoms with Crippen molar-refractivity contribution >= 4 is 37.5 Å². The Balaban J connectivity index is 1.53. The Labute approximate surface area is 203 Å². The third kappa shape index (κ3) is 4.40. The summed E-state index contributed by atoms with van der Waals surface area (Å²) in [5, 5.41) is 13.3. The van der Waals surface area contributed by atoms with Crippen molar-refractivity contribution in [3.63, 3.8) is 0 Å². The van der Waals surface area contributed by atoms with Gasteiger partial charge in [0.1, 0.15) is 5.82 Å². The van der Waals surface area contributed by atoms with E-state index in [2.05, 4.69) is 0 Å². The van der Waals surface area contributed by atoms with Gasteiger partial charge in [-0.3, -0.25) is 4.31 Å². The Bertz CT molecular complexity index is 1540. The molecular formula is C28H25FN2O3S. The number of fused-ring (bicyclic) bond motifs is 3. The highest BCUT2D eigenvalue weighted by molar-refractivity contribution is 7.92. The lowest BCUT2D eigenvalue weighted by Crippen LogP contribution is -2.39. The average molecular weight is 489 g/mol. The third-order valence-corrected chi connectivity index (χ3v) is 7.98. The number of rotatable bonds is 7. The van der Waals surface area contributed by atoms with Gasteiger partial charge in [0.15, 0.2) is 0 Å². The van der Waals surface area contributed by atoms with Crippen molar-refractivity contribution < 1.29 is 17.9 Å². The molecule has 1 N–H and O–H groups in total. The van der Waals surface area contributed by atoms with Crippen LogP contribution in [0.5, 0.6) is 0 Å². The lowest BCUT2D eigenvalue weighted by Gasteiger charge is -2.27. The molecule has 1 heterocycles. The molecule has 0 aliphatic rings. The molecule has 178 valence electrons. The minimum atomic E-state index is -4.00. The topological polar surface area (TPSA) is 62.5 Å². The molecule has 0 saturated carbocycles. The van der Waals surface area contributed by atoms with Gasteiger partial charge in [-0.1, -0.05) is 54.1 Å². The van der Waals surface area contributed by atoms with Gasteiger partial charge in [0, 0.05) is 21.8 Å². The van der Waals surface area contributed by atoms with Crippen molar-refractivity contribution in [3.05, 3.63) is 108 Å². The number of aryl methyl sites for hydroxylation is 1. The van der Waals surface area contributed by atoms with Crippen LogP contribution in [-0.4, -0.2) is 30.7 Å². The predicted octanol–water partition coefficient (Wildman–Crippen LogP) is 5.50. The molecule has 35 heavy (non-hydrogen) atoms. The number of nitrogens with zero attached hydrogens (tertiary/aromatic N) is 2. The molecule has 5 nitrogen and oxygen atoms in total. The molecule has 1 atom stereocenters. The number of aromatic nitrogens is 1. The van der Waals surface area contributed by atoms with E-state index in [1.165, 1.54) is 24.3 Å². The van der Waals surface area contributed by atoms with Crippen LogP contribution in [0.2, 0.25) is 0 Å². The quantitative estimate of drug-likeness (QED) is 0.329. The normalized spacial score (nSPS) is 12.8. The van der Waals surface area contributed by atoms with Crippen LogP contribution in [-0.2, 0) is 16.6 Å². The van der Waals surface area contributed by atoms with Crippen molar-refractivity contribution in [2.24, 2.45) is 0 Å². The van der Waals surface area contributed by atoms with E-state index in [1.807, 2.05) is 60.0 Å². The molecule has 0 aliphatic heterocycles. The third-order valence-electron chi connectivity index (χ3n) is 6.17. The minimum absolute atomic E-state index is 0.108. The molecule has 1 aromatic heterocycles. The number of para-hydroxylation sites is 2. The Morgan fingerprint density at radius 3 is 1.94 bits per heavy atom. The summed E-state index contributed by atoms with van der Waals surface area (Å²) in [5.41, 5.74) is 3.14. The number of sulfonamides is 1. The summed E-state index contributed by atoms with van der Waals surface area (Å²) < 4.78 is 44.0. The summed E-state index contributed by atoms with van der Waals surface area (Å²) in [6.07, 6.45) is -1.03. The van der Waals surface area contributed by atoms with E-state index in [4.69, 9.17) is 0 Å². The van der Waals surface area contributed by atoms with E-state index in [9.17, 15) is 17.9 Å². The first-order valence-corrected chi connectivity index (χ1v) is 12.8. The molecule has 0 aliphatic carbocycles. The molecule has 5 rings (SSSR count). The summed E-state index contributed by atoms with van der Waals surface area (Å²) in [4.78, 5) is 0.108. The van der Waals surface area contributed by atoms with Crippen LogP contribution in [0.1, 0.15) is 5.56 Å². The average Bonchev–Trinajstić information content (AvgIpc) is 3.17. The van der Waals surface area contributed by atoms with Crippen molar-refractivity contribution in [1.29, 1.82) is 0 Å². The zero-order valence-electron chi connectivity index (χ0n) is 19.2. The lowest BCUT2D eigenvalue weighted by molar-refractivity contribution is 0.166. The lowest BCUT2D eigenvalue weighted by atomic mass is 10.2. The number of hydrogen-bond donors (Lipinski definition) is 1. The number of hydrogen-bond acceptors (Lipinski definition) is 3. The van der Waals surface area contributed by atoms with E-state index in [1.54, 1.807) is 24.3 Å². The molecule has 0 saturated heterocycles. The molecule has 5 aromatic rings. The van der Waals surface area contributed by atoms with Crippen LogP contribution in [0, 0.1) is 12.7 Å². The first-order chi connectivity index (χ1) is 16.8. The maximum absolute atomic E-state index is 13.6. The van der Waals surface area contributed by atoms with Crippen molar-refractivity contribution in [1.82, 2.24) is 4.57 Å². The second kappa shape index (κ2) is 9.17. The molecule has 7 heteroatoms. The highest BCUT2D eigenvalue weighted by Crippen LogP contribution is 2.30. The number of benzene rings is 4. The SMILES string of the molecule is Cc1ccc(S(=O)(=O)N(C[C@H](O)Cn2c3ccccc3c3ccccc32)c2ccc(F)cc2)cc1. The fourth-order valence-electron chi connectivity index (χ4n) is 4.45.